The smallest absolute Gasteiger partial charge is 0.311 e. The molecule has 0 heterocycles. The molecule has 0 aromatic heterocycles. The molecule has 2 aliphatic carbocycles. The number of Topliss-reactive ketones (excluding diaryl/α,β-unsaturated/α-hetero) is 1. The monoisotopic (exact) mass is 584 g/mol. The molecule has 1 aromatic rings. The molecule has 238 valence electrons. The predicted octanol–water partition coefficient (Wildman–Crippen LogP) is 9.29. The molecule has 0 spiro atoms. The van der Waals surface area contributed by atoms with Gasteiger partial charge in [-0.25, -0.2) is 0 Å². The minimum absolute atomic E-state index is 0.0297. The summed E-state index contributed by atoms with van der Waals surface area (Å²) in [5.41, 5.74) is 1.93. The highest BCUT2D eigenvalue weighted by molar-refractivity contribution is 5.77. The summed E-state index contributed by atoms with van der Waals surface area (Å²) in [7, 11) is 0. The van der Waals surface area contributed by atoms with Crippen LogP contribution in [-0.4, -0.2) is 30.6 Å². The Morgan fingerprint density at radius 1 is 1.00 bits per heavy atom. The van der Waals surface area contributed by atoms with Crippen molar-refractivity contribution in [2.45, 2.75) is 139 Å². The lowest BCUT2D eigenvalue weighted by atomic mass is 9.73. The Kier molecular flexibility index (Phi) is 13.6. The van der Waals surface area contributed by atoms with Gasteiger partial charge in [0, 0.05) is 5.41 Å². The van der Waals surface area contributed by atoms with E-state index in [1.165, 1.54) is 11.1 Å². The van der Waals surface area contributed by atoms with Gasteiger partial charge >= 0.3 is 5.97 Å². The van der Waals surface area contributed by atoms with Gasteiger partial charge in [0.05, 0.1) is 11.2 Å². The zero-order valence-electron chi connectivity index (χ0n) is 28.4. The number of benzene rings is 1. The molecule has 5 heteroatoms. The lowest BCUT2D eigenvalue weighted by molar-refractivity contribution is -0.159. The number of rotatable bonds is 13. The summed E-state index contributed by atoms with van der Waals surface area (Å²) in [4.78, 5) is 24.4. The Morgan fingerprint density at radius 3 is 2.29 bits per heavy atom. The molecule has 5 atom stereocenters. The third-order valence-electron chi connectivity index (χ3n) is 8.72. The van der Waals surface area contributed by atoms with Crippen molar-refractivity contribution in [1.82, 2.24) is 0 Å². The Labute approximate surface area is 257 Å². The largest absolute Gasteiger partial charge is 0.495 e. The normalized spacial score (nSPS) is 22.1. The van der Waals surface area contributed by atoms with Crippen molar-refractivity contribution in [3.63, 3.8) is 0 Å². The van der Waals surface area contributed by atoms with Crippen molar-refractivity contribution in [3.8, 4) is 5.75 Å². The van der Waals surface area contributed by atoms with Crippen LogP contribution in [0.2, 0.25) is 0 Å². The zero-order valence-corrected chi connectivity index (χ0v) is 28.4. The van der Waals surface area contributed by atoms with Gasteiger partial charge in [-0.3, -0.25) is 9.59 Å². The van der Waals surface area contributed by atoms with E-state index in [-0.39, 0.29) is 36.0 Å². The molecule has 1 unspecified atom stereocenters. The van der Waals surface area contributed by atoms with E-state index in [1.807, 2.05) is 46.8 Å². The first-order valence-electron chi connectivity index (χ1n) is 16.5. The topological polar surface area (TPSA) is 61.8 Å². The summed E-state index contributed by atoms with van der Waals surface area (Å²) in [5.74, 6) is 2.93. The first-order chi connectivity index (χ1) is 19.7. The molecule has 0 N–H and O–H groups in total. The van der Waals surface area contributed by atoms with E-state index >= 15 is 0 Å². The maximum atomic E-state index is 12.8. The second kappa shape index (κ2) is 16.0. The van der Waals surface area contributed by atoms with Crippen LogP contribution in [-0.2, 0) is 31.9 Å². The fourth-order valence-electron chi connectivity index (χ4n) is 6.18. The van der Waals surface area contributed by atoms with Crippen molar-refractivity contribution in [3.05, 3.63) is 41.7 Å². The van der Waals surface area contributed by atoms with Gasteiger partial charge in [-0.15, -0.1) is 0 Å². The van der Waals surface area contributed by atoms with Crippen LogP contribution in [0, 0.1) is 28.6 Å². The van der Waals surface area contributed by atoms with E-state index in [9.17, 15) is 9.59 Å². The van der Waals surface area contributed by atoms with Gasteiger partial charge in [0.15, 0.2) is 5.78 Å². The minimum atomic E-state index is -0.507. The number of esters is 1. The maximum absolute atomic E-state index is 12.8. The summed E-state index contributed by atoms with van der Waals surface area (Å²) in [5, 5.41) is 0. The second-order valence-electron chi connectivity index (χ2n) is 14.3. The lowest BCUT2D eigenvalue weighted by Crippen LogP contribution is -2.32. The highest BCUT2D eigenvalue weighted by atomic mass is 16.5. The van der Waals surface area contributed by atoms with Crippen molar-refractivity contribution in [2.75, 3.05) is 6.61 Å². The van der Waals surface area contributed by atoms with Gasteiger partial charge in [0.1, 0.15) is 24.6 Å². The van der Waals surface area contributed by atoms with Gasteiger partial charge in [0.25, 0.3) is 0 Å². The van der Waals surface area contributed by atoms with Crippen LogP contribution < -0.4 is 4.74 Å². The standard InChI is InChI=1S/C35H54O5.C2H6/c1-10-11-12-15-27(40-33(37)35(7,8)9)17-18-28-29-19-25-14-13-16-31(38-22-23(2)36)30(25)20-26(29)21-32(28)39-24(3)34(4,5)6;1-2/h13-14,16,26-29,32H,3,10-12,15,17-22H2,1-2,4-9H3;1-2H3/t26-,27-,28+,29?,32+;/m0./s1. The molecule has 5 nitrogen and oxygen atoms in total. The number of ether oxygens (including phenoxy) is 3. The average molecular weight is 585 g/mol. The molecule has 3 rings (SSSR count). The fraction of sp³-hybridized carbons (Fsp3) is 0.730. The lowest BCUT2D eigenvalue weighted by Gasteiger charge is -2.34. The van der Waals surface area contributed by atoms with Gasteiger partial charge in [-0.2, -0.15) is 0 Å². The van der Waals surface area contributed by atoms with Gasteiger partial charge < -0.3 is 14.2 Å². The number of hydrogen-bond acceptors (Lipinski definition) is 5. The predicted molar refractivity (Wildman–Crippen MR) is 173 cm³/mol. The third-order valence-corrected chi connectivity index (χ3v) is 8.72. The van der Waals surface area contributed by atoms with Crippen molar-refractivity contribution in [2.24, 2.45) is 28.6 Å². The van der Waals surface area contributed by atoms with E-state index in [2.05, 4.69) is 40.3 Å². The highest BCUT2D eigenvalue weighted by Crippen LogP contribution is 2.50. The van der Waals surface area contributed by atoms with Crippen LogP contribution in [0.4, 0.5) is 0 Å². The molecule has 0 saturated heterocycles. The summed E-state index contributed by atoms with van der Waals surface area (Å²) < 4.78 is 18.7. The summed E-state index contributed by atoms with van der Waals surface area (Å²) in [6.07, 6.45) is 9.03. The maximum Gasteiger partial charge on any atom is 0.311 e. The van der Waals surface area contributed by atoms with Crippen molar-refractivity contribution < 1.29 is 23.8 Å². The number of carbonyl (C=O) groups is 2. The van der Waals surface area contributed by atoms with Crippen LogP contribution >= 0.6 is 0 Å². The SMILES string of the molecule is C=C(O[C@@H]1C[C@@H]2Cc3c(cccc3OCC(C)=O)CC2[C@H]1CC[C@H](CCCCC)OC(=O)C(C)(C)C)C(C)(C)C.CC. The summed E-state index contributed by atoms with van der Waals surface area (Å²) in [6, 6.07) is 6.25. The number of carbonyl (C=O) groups excluding carboxylic acids is 2. The van der Waals surface area contributed by atoms with Crippen LogP contribution in [0.5, 0.6) is 5.75 Å². The summed E-state index contributed by atoms with van der Waals surface area (Å²) >= 11 is 0. The number of allylic oxidation sites excluding steroid dienone is 1. The van der Waals surface area contributed by atoms with Crippen LogP contribution in [0.15, 0.2) is 30.5 Å². The Hall–Kier alpha value is -2.30. The zero-order chi connectivity index (χ0) is 31.7. The van der Waals surface area contributed by atoms with Crippen LogP contribution in [0.1, 0.15) is 125 Å². The molecule has 1 aromatic carbocycles. The quantitative estimate of drug-likeness (QED) is 0.131. The van der Waals surface area contributed by atoms with Gasteiger partial charge in [-0.05, 0) is 108 Å². The minimum Gasteiger partial charge on any atom is -0.495 e. The third kappa shape index (κ3) is 10.2. The van der Waals surface area contributed by atoms with Crippen LogP contribution in [0.3, 0.4) is 0 Å². The van der Waals surface area contributed by atoms with E-state index in [1.54, 1.807) is 6.92 Å². The molecule has 0 amide bonds. The molecular formula is C37H60O5. The molecule has 1 fully saturated rings. The van der Waals surface area contributed by atoms with Crippen LogP contribution in [0.25, 0.3) is 0 Å². The molecule has 2 aliphatic rings. The highest BCUT2D eigenvalue weighted by Gasteiger charge is 2.47. The van der Waals surface area contributed by atoms with Gasteiger partial charge in [-0.1, -0.05) is 73.1 Å². The first kappa shape index (κ1) is 35.9. The number of ketones is 1. The van der Waals surface area contributed by atoms with E-state index in [0.717, 1.165) is 69.3 Å². The Bertz CT molecular complexity index is 1030. The van der Waals surface area contributed by atoms with Crippen molar-refractivity contribution in [1.29, 1.82) is 0 Å². The van der Waals surface area contributed by atoms with E-state index in [0.29, 0.717) is 17.8 Å². The average Bonchev–Trinajstić information content (AvgIpc) is 3.24. The van der Waals surface area contributed by atoms with E-state index < -0.39 is 5.41 Å². The first-order valence-corrected chi connectivity index (χ1v) is 16.5. The number of fused-ring (bicyclic) bond motifs is 2. The fourth-order valence-corrected chi connectivity index (χ4v) is 6.18. The molecule has 0 radical (unpaired) electrons. The second-order valence-corrected chi connectivity index (χ2v) is 14.3. The molecular weight excluding hydrogens is 524 g/mol. The Balaban J connectivity index is 0.00000301. The van der Waals surface area contributed by atoms with Crippen molar-refractivity contribution >= 4 is 11.8 Å². The molecule has 0 aliphatic heterocycles. The summed E-state index contributed by atoms with van der Waals surface area (Å²) in [6.45, 7) is 24.4. The molecule has 42 heavy (non-hydrogen) atoms. The Morgan fingerprint density at radius 2 is 1.69 bits per heavy atom. The molecule has 1 saturated carbocycles. The number of unbranched alkanes of at least 4 members (excludes halogenated alkanes) is 2. The molecule has 0 bridgehead atoms. The number of hydrogen-bond donors (Lipinski definition) is 0. The van der Waals surface area contributed by atoms with E-state index in [4.69, 9.17) is 14.2 Å². The van der Waals surface area contributed by atoms with Gasteiger partial charge in [0.2, 0.25) is 0 Å².